The Morgan fingerprint density at radius 3 is 1.76 bits per heavy atom. The number of nitrogens with one attached hydrogen (secondary N) is 1. The molecule has 1 N–H and O–H groups in total. The molecule has 3 rings (SSSR count). The maximum absolute atomic E-state index is 12.9. The normalized spacial score (nSPS) is 11.5. The predicted molar refractivity (Wildman–Crippen MR) is 131 cm³/mol. The maximum Gasteiger partial charge on any atom is 0.412 e. The Bertz CT molecular complexity index is 1070. The van der Waals surface area contributed by atoms with Crippen LogP contribution in [0.5, 0.6) is 0 Å². The molecule has 0 heterocycles. The Hall–Kier alpha value is -3.16. The van der Waals surface area contributed by atoms with Crippen LogP contribution in [0.4, 0.5) is 10.5 Å². The van der Waals surface area contributed by atoms with Crippen molar-refractivity contribution in [1.29, 1.82) is 0 Å². The molecule has 6 nitrogen and oxygen atoms in total. The molecule has 0 aromatic heterocycles. The number of amides is 1. The summed E-state index contributed by atoms with van der Waals surface area (Å²) in [5.74, 6) is 0. The van der Waals surface area contributed by atoms with Crippen LogP contribution < -0.4 is 5.32 Å². The van der Waals surface area contributed by atoms with E-state index in [9.17, 15) is 13.2 Å². The molecular formula is C26H30N2O4S. The molecule has 174 valence electrons. The lowest BCUT2D eigenvalue weighted by Gasteiger charge is -2.21. The molecule has 3 aromatic carbocycles. The van der Waals surface area contributed by atoms with E-state index < -0.39 is 22.2 Å². The summed E-state index contributed by atoms with van der Waals surface area (Å²) in [6.07, 6.45) is 0.300. The highest BCUT2D eigenvalue weighted by atomic mass is 32.2. The third-order valence-corrected chi connectivity index (χ3v) is 7.03. The molecule has 0 fully saturated rings. The lowest BCUT2D eigenvalue weighted by Crippen LogP contribution is -2.32. The number of rotatable bonds is 10. The van der Waals surface area contributed by atoms with Gasteiger partial charge in [0, 0.05) is 18.8 Å². The third-order valence-electron chi connectivity index (χ3n) is 5.11. The number of hydrogen-bond donors (Lipinski definition) is 1. The van der Waals surface area contributed by atoms with Gasteiger partial charge in [0.15, 0.2) is 6.10 Å². The van der Waals surface area contributed by atoms with E-state index in [4.69, 9.17) is 4.74 Å². The van der Waals surface area contributed by atoms with Gasteiger partial charge in [0.2, 0.25) is 10.0 Å². The zero-order chi connectivity index (χ0) is 23.7. The quantitative estimate of drug-likeness (QED) is 0.408. The molecule has 33 heavy (non-hydrogen) atoms. The van der Waals surface area contributed by atoms with Gasteiger partial charge >= 0.3 is 6.09 Å². The molecule has 0 bridgehead atoms. The van der Waals surface area contributed by atoms with E-state index in [2.05, 4.69) is 5.32 Å². The summed E-state index contributed by atoms with van der Waals surface area (Å²) in [7, 11) is -3.57. The van der Waals surface area contributed by atoms with Crippen molar-refractivity contribution in [3.63, 3.8) is 0 Å². The van der Waals surface area contributed by atoms with Crippen molar-refractivity contribution in [3.05, 3.63) is 96.1 Å². The first kappa shape index (κ1) is 24.5. The molecule has 0 unspecified atom stereocenters. The van der Waals surface area contributed by atoms with Crippen molar-refractivity contribution in [3.8, 4) is 0 Å². The highest BCUT2D eigenvalue weighted by Crippen LogP contribution is 2.27. The van der Waals surface area contributed by atoms with Crippen LogP contribution in [0, 0.1) is 0 Å². The fourth-order valence-corrected chi connectivity index (χ4v) is 5.17. The molecule has 3 aromatic rings. The van der Waals surface area contributed by atoms with E-state index in [0.29, 0.717) is 18.8 Å². The van der Waals surface area contributed by atoms with Crippen LogP contribution >= 0.6 is 0 Å². The van der Waals surface area contributed by atoms with Crippen LogP contribution in [0.15, 0.2) is 89.8 Å². The molecule has 0 aliphatic heterocycles. The first-order valence-corrected chi connectivity index (χ1v) is 12.6. The summed E-state index contributed by atoms with van der Waals surface area (Å²) >= 11 is 0. The minimum Gasteiger partial charge on any atom is -0.436 e. The molecule has 0 aliphatic carbocycles. The highest BCUT2D eigenvalue weighted by molar-refractivity contribution is 7.89. The zero-order valence-corrected chi connectivity index (χ0v) is 19.8. The summed E-state index contributed by atoms with van der Waals surface area (Å²) in [6.45, 7) is 4.86. The average molecular weight is 467 g/mol. The number of nitrogens with zero attached hydrogens (tertiary/aromatic N) is 1. The number of sulfonamides is 1. The molecular weight excluding hydrogens is 436 g/mol. The first-order valence-electron chi connectivity index (χ1n) is 11.1. The molecule has 1 amide bonds. The Morgan fingerprint density at radius 1 is 0.818 bits per heavy atom. The molecule has 0 aliphatic rings. The van der Waals surface area contributed by atoms with E-state index in [1.165, 1.54) is 16.4 Å². The molecule has 7 heteroatoms. The fraction of sp³-hybridized carbons (Fsp3) is 0.269. The molecule has 0 spiro atoms. The predicted octanol–water partition coefficient (Wildman–Crippen LogP) is 5.84. The minimum atomic E-state index is -3.57. The van der Waals surface area contributed by atoms with Crippen LogP contribution in [-0.2, 0) is 14.8 Å². The van der Waals surface area contributed by atoms with Gasteiger partial charge in [0.1, 0.15) is 0 Å². The van der Waals surface area contributed by atoms with E-state index in [1.807, 2.05) is 74.5 Å². The fourth-order valence-electron chi connectivity index (χ4n) is 3.55. The second-order valence-electron chi connectivity index (χ2n) is 7.66. The topological polar surface area (TPSA) is 75.7 Å². The second kappa shape index (κ2) is 11.6. The summed E-state index contributed by atoms with van der Waals surface area (Å²) in [4.78, 5) is 12.9. The number of anilines is 1. The smallest absolute Gasteiger partial charge is 0.412 e. The number of carbonyl (C=O) groups is 1. The van der Waals surface area contributed by atoms with Crippen LogP contribution in [-0.4, -0.2) is 31.9 Å². The van der Waals surface area contributed by atoms with Crippen molar-refractivity contribution in [2.24, 2.45) is 0 Å². The van der Waals surface area contributed by atoms with Gasteiger partial charge in [-0.15, -0.1) is 0 Å². The van der Waals surface area contributed by atoms with Crippen molar-refractivity contribution in [2.75, 3.05) is 18.4 Å². The van der Waals surface area contributed by atoms with Gasteiger partial charge < -0.3 is 4.74 Å². The Kier molecular flexibility index (Phi) is 8.63. The van der Waals surface area contributed by atoms with E-state index >= 15 is 0 Å². The summed E-state index contributed by atoms with van der Waals surface area (Å²) in [5, 5.41) is 2.70. The van der Waals surface area contributed by atoms with Gasteiger partial charge in [-0.2, -0.15) is 4.31 Å². The Balaban J connectivity index is 1.73. The van der Waals surface area contributed by atoms with Crippen molar-refractivity contribution in [1.82, 2.24) is 4.31 Å². The van der Waals surface area contributed by atoms with E-state index in [1.54, 1.807) is 12.1 Å². The van der Waals surface area contributed by atoms with Crippen LogP contribution in [0.3, 0.4) is 0 Å². The van der Waals surface area contributed by atoms with E-state index in [-0.39, 0.29) is 4.90 Å². The van der Waals surface area contributed by atoms with Crippen molar-refractivity contribution in [2.45, 2.75) is 37.7 Å². The van der Waals surface area contributed by atoms with Crippen LogP contribution in [0.25, 0.3) is 0 Å². The summed E-state index contributed by atoms with van der Waals surface area (Å²) < 4.78 is 33.1. The van der Waals surface area contributed by atoms with Gasteiger partial charge in [-0.3, -0.25) is 5.32 Å². The van der Waals surface area contributed by atoms with Gasteiger partial charge in [0.25, 0.3) is 0 Å². The van der Waals surface area contributed by atoms with Crippen LogP contribution in [0.1, 0.15) is 43.9 Å². The number of carbonyl (C=O) groups excluding carboxylic acids is 1. The Morgan fingerprint density at radius 2 is 1.30 bits per heavy atom. The van der Waals surface area contributed by atoms with Gasteiger partial charge in [-0.1, -0.05) is 74.5 Å². The lowest BCUT2D eigenvalue weighted by atomic mass is 10.0. The van der Waals surface area contributed by atoms with Crippen molar-refractivity contribution >= 4 is 21.8 Å². The highest BCUT2D eigenvalue weighted by Gasteiger charge is 2.23. The largest absolute Gasteiger partial charge is 0.436 e. The first-order chi connectivity index (χ1) is 16.0. The lowest BCUT2D eigenvalue weighted by molar-refractivity contribution is 0.131. The standard InChI is InChI=1S/C26H30N2O4S/c1-3-19-28(20-4-2)33(30,31)24-17-15-23(16-18-24)27-26(29)32-25(21-11-7-5-8-12-21)22-13-9-6-10-14-22/h5-18,25H,3-4,19-20H2,1-2H3,(H,27,29). The SMILES string of the molecule is CCCN(CCC)S(=O)(=O)c1ccc(NC(=O)OC(c2ccccc2)c2ccccc2)cc1. The molecule has 0 radical (unpaired) electrons. The molecule has 0 saturated heterocycles. The van der Waals surface area contributed by atoms with Gasteiger partial charge in [-0.25, -0.2) is 13.2 Å². The van der Waals surface area contributed by atoms with E-state index in [0.717, 1.165) is 24.0 Å². The second-order valence-corrected chi connectivity index (χ2v) is 9.60. The number of benzene rings is 3. The summed E-state index contributed by atoms with van der Waals surface area (Å²) in [6, 6.07) is 25.2. The van der Waals surface area contributed by atoms with Gasteiger partial charge in [-0.05, 0) is 48.2 Å². The molecule has 0 atom stereocenters. The average Bonchev–Trinajstić information content (AvgIpc) is 2.84. The summed E-state index contributed by atoms with van der Waals surface area (Å²) in [5.41, 5.74) is 2.16. The van der Waals surface area contributed by atoms with Gasteiger partial charge in [0.05, 0.1) is 4.90 Å². The zero-order valence-electron chi connectivity index (χ0n) is 19.0. The third kappa shape index (κ3) is 6.43. The number of ether oxygens (including phenoxy) is 1. The Labute approximate surface area is 196 Å². The van der Waals surface area contributed by atoms with Crippen LogP contribution in [0.2, 0.25) is 0 Å². The molecule has 0 saturated carbocycles. The number of hydrogen-bond acceptors (Lipinski definition) is 4. The maximum atomic E-state index is 12.9. The monoisotopic (exact) mass is 466 g/mol. The minimum absolute atomic E-state index is 0.203. The van der Waals surface area contributed by atoms with Crippen molar-refractivity contribution < 1.29 is 17.9 Å².